The Morgan fingerprint density at radius 3 is 2.43 bits per heavy atom. The van der Waals surface area contributed by atoms with Gasteiger partial charge >= 0.3 is 0 Å². The molecule has 0 amide bonds. The van der Waals surface area contributed by atoms with Crippen LogP contribution in [0.25, 0.3) is 0 Å². The molecule has 1 aromatic carbocycles. The van der Waals surface area contributed by atoms with Gasteiger partial charge in [0, 0.05) is 32.5 Å². The monoisotopic (exact) mass is 194 g/mol. The molecule has 0 aromatic heterocycles. The van der Waals surface area contributed by atoms with Crippen LogP contribution in [0.2, 0.25) is 0 Å². The average Bonchev–Trinajstić information content (AvgIpc) is 2.19. The van der Waals surface area contributed by atoms with Gasteiger partial charge in [0.05, 0.1) is 0 Å². The van der Waals surface area contributed by atoms with Gasteiger partial charge in [0.2, 0.25) is 0 Å². The van der Waals surface area contributed by atoms with E-state index in [2.05, 4.69) is 0 Å². The Balaban J connectivity index is 2.02. The molecule has 2 rings (SSSR count). The highest BCUT2D eigenvalue weighted by atomic mass is 19.1. The summed E-state index contributed by atoms with van der Waals surface area (Å²) in [7, 11) is 0. The Hall–Kier alpha value is -0.890. The van der Waals surface area contributed by atoms with Crippen molar-refractivity contribution in [3.05, 3.63) is 35.9 Å². The van der Waals surface area contributed by atoms with Gasteiger partial charge in [-0.15, -0.1) is 0 Å². The Labute approximate surface area is 83.9 Å². The minimum absolute atomic E-state index is 0.525. The topological polar surface area (TPSA) is 9.23 Å². The molecule has 0 N–H and O–H groups in total. The number of benzene rings is 1. The van der Waals surface area contributed by atoms with Crippen molar-refractivity contribution in [3.63, 3.8) is 0 Å². The summed E-state index contributed by atoms with van der Waals surface area (Å²) in [6.07, 6.45) is 1.58. The third-order valence-electron chi connectivity index (χ3n) is 2.75. The van der Waals surface area contributed by atoms with E-state index in [-0.39, 0.29) is 0 Å². The molecule has 1 aromatic rings. The highest BCUT2D eigenvalue weighted by Crippen LogP contribution is 2.29. The van der Waals surface area contributed by atoms with Crippen molar-refractivity contribution in [3.8, 4) is 0 Å². The van der Waals surface area contributed by atoms with Crippen molar-refractivity contribution >= 4 is 0 Å². The first-order valence-electron chi connectivity index (χ1n) is 5.09. The quantitative estimate of drug-likeness (QED) is 0.703. The Morgan fingerprint density at radius 1 is 1.14 bits per heavy atom. The average molecular weight is 194 g/mol. The summed E-state index contributed by atoms with van der Waals surface area (Å²) in [5.41, 5.74) is 0.0384. The molecule has 0 saturated carbocycles. The fraction of sp³-hybridized carbons (Fsp3) is 0.500. The first-order valence-corrected chi connectivity index (χ1v) is 5.09. The molecule has 1 aliphatic rings. The van der Waals surface area contributed by atoms with Gasteiger partial charge in [0.25, 0.3) is 0 Å². The van der Waals surface area contributed by atoms with E-state index in [9.17, 15) is 4.39 Å². The van der Waals surface area contributed by atoms with Crippen molar-refractivity contribution in [2.75, 3.05) is 13.2 Å². The van der Waals surface area contributed by atoms with E-state index in [4.69, 9.17) is 4.74 Å². The first kappa shape index (κ1) is 9.66. The summed E-state index contributed by atoms with van der Waals surface area (Å²) in [6, 6.07) is 9.84. The van der Waals surface area contributed by atoms with Crippen LogP contribution in [0.1, 0.15) is 18.4 Å². The van der Waals surface area contributed by atoms with Crippen molar-refractivity contribution in [1.82, 2.24) is 0 Å². The number of alkyl halides is 1. The summed E-state index contributed by atoms with van der Waals surface area (Å²) in [6.45, 7) is 1.12. The summed E-state index contributed by atoms with van der Waals surface area (Å²) in [4.78, 5) is 0. The van der Waals surface area contributed by atoms with Gasteiger partial charge in [0.1, 0.15) is 5.67 Å². The van der Waals surface area contributed by atoms with E-state index < -0.39 is 5.67 Å². The molecule has 0 atom stereocenters. The van der Waals surface area contributed by atoms with E-state index in [0.29, 0.717) is 32.5 Å². The van der Waals surface area contributed by atoms with E-state index >= 15 is 0 Å². The van der Waals surface area contributed by atoms with Gasteiger partial charge in [-0.3, -0.25) is 0 Å². The van der Waals surface area contributed by atoms with Crippen molar-refractivity contribution in [2.45, 2.75) is 24.9 Å². The fourth-order valence-corrected chi connectivity index (χ4v) is 1.88. The SMILES string of the molecule is FC1(Cc2ccccc2)CCOCC1. The molecule has 1 nitrogen and oxygen atoms in total. The minimum atomic E-state index is -1.04. The Morgan fingerprint density at radius 2 is 1.79 bits per heavy atom. The van der Waals surface area contributed by atoms with Crippen LogP contribution in [-0.2, 0) is 11.2 Å². The second kappa shape index (κ2) is 4.09. The van der Waals surface area contributed by atoms with Crippen molar-refractivity contribution < 1.29 is 9.13 Å². The normalized spacial score (nSPS) is 20.6. The third-order valence-corrected chi connectivity index (χ3v) is 2.75. The second-order valence-corrected chi connectivity index (χ2v) is 3.93. The maximum Gasteiger partial charge on any atom is 0.119 e. The second-order valence-electron chi connectivity index (χ2n) is 3.93. The molecule has 0 spiro atoms. The number of hydrogen-bond acceptors (Lipinski definition) is 1. The van der Waals surface area contributed by atoms with E-state index in [1.54, 1.807) is 0 Å². The number of rotatable bonds is 2. The van der Waals surface area contributed by atoms with E-state index in [1.807, 2.05) is 30.3 Å². The van der Waals surface area contributed by atoms with Gasteiger partial charge in [-0.25, -0.2) is 4.39 Å². The molecular formula is C12H15FO. The van der Waals surface area contributed by atoms with Crippen LogP contribution in [0.5, 0.6) is 0 Å². The lowest BCUT2D eigenvalue weighted by atomic mass is 9.89. The molecular weight excluding hydrogens is 179 g/mol. The molecule has 2 heteroatoms. The first-order chi connectivity index (χ1) is 6.79. The Kier molecular flexibility index (Phi) is 2.82. The molecule has 0 unspecified atom stereocenters. The number of hydrogen-bond donors (Lipinski definition) is 0. The van der Waals surface area contributed by atoms with Crippen LogP contribution < -0.4 is 0 Å². The Bertz CT molecular complexity index is 278. The van der Waals surface area contributed by atoms with Crippen LogP contribution in [0.4, 0.5) is 4.39 Å². The zero-order valence-electron chi connectivity index (χ0n) is 8.21. The highest BCUT2D eigenvalue weighted by molar-refractivity contribution is 5.17. The van der Waals surface area contributed by atoms with Crippen LogP contribution in [0, 0.1) is 0 Å². The zero-order valence-corrected chi connectivity index (χ0v) is 8.21. The van der Waals surface area contributed by atoms with Crippen molar-refractivity contribution in [1.29, 1.82) is 0 Å². The van der Waals surface area contributed by atoms with Crippen LogP contribution >= 0.6 is 0 Å². The summed E-state index contributed by atoms with van der Waals surface area (Å²) in [5.74, 6) is 0. The van der Waals surface area contributed by atoms with Crippen LogP contribution in [0.3, 0.4) is 0 Å². The smallest absolute Gasteiger partial charge is 0.119 e. The van der Waals surface area contributed by atoms with Crippen molar-refractivity contribution in [2.24, 2.45) is 0 Å². The predicted octanol–water partition coefficient (Wildman–Crippen LogP) is 2.75. The predicted molar refractivity (Wildman–Crippen MR) is 54.0 cm³/mol. The zero-order chi connectivity index (χ0) is 9.86. The molecule has 0 bridgehead atoms. The molecule has 1 fully saturated rings. The molecule has 0 radical (unpaired) electrons. The summed E-state index contributed by atoms with van der Waals surface area (Å²) in [5, 5.41) is 0. The standard InChI is InChI=1S/C12H15FO/c13-12(6-8-14-9-7-12)10-11-4-2-1-3-5-11/h1-5H,6-10H2. The van der Waals surface area contributed by atoms with Gasteiger partial charge in [-0.1, -0.05) is 30.3 Å². The molecule has 1 aliphatic heterocycles. The molecule has 1 saturated heterocycles. The van der Waals surface area contributed by atoms with Gasteiger partial charge < -0.3 is 4.74 Å². The largest absolute Gasteiger partial charge is 0.381 e. The molecule has 76 valence electrons. The van der Waals surface area contributed by atoms with Gasteiger partial charge in [0.15, 0.2) is 0 Å². The van der Waals surface area contributed by atoms with Gasteiger partial charge in [-0.2, -0.15) is 0 Å². The summed E-state index contributed by atoms with van der Waals surface area (Å²) >= 11 is 0. The lowest BCUT2D eigenvalue weighted by Crippen LogP contribution is -2.33. The van der Waals surface area contributed by atoms with Crippen LogP contribution in [-0.4, -0.2) is 18.9 Å². The molecule has 0 aliphatic carbocycles. The summed E-state index contributed by atoms with van der Waals surface area (Å²) < 4.78 is 19.3. The lowest BCUT2D eigenvalue weighted by Gasteiger charge is -2.29. The van der Waals surface area contributed by atoms with E-state index in [1.165, 1.54) is 0 Å². The maximum atomic E-state index is 14.2. The molecule has 1 heterocycles. The van der Waals surface area contributed by atoms with Crippen LogP contribution in [0.15, 0.2) is 30.3 Å². The van der Waals surface area contributed by atoms with Gasteiger partial charge in [-0.05, 0) is 5.56 Å². The number of ether oxygens (including phenoxy) is 1. The van der Waals surface area contributed by atoms with E-state index in [0.717, 1.165) is 5.56 Å². The third kappa shape index (κ3) is 2.32. The maximum absolute atomic E-state index is 14.2. The minimum Gasteiger partial charge on any atom is -0.381 e. The number of halogens is 1. The fourth-order valence-electron chi connectivity index (χ4n) is 1.88. The lowest BCUT2D eigenvalue weighted by molar-refractivity contribution is -0.00815. The molecule has 14 heavy (non-hydrogen) atoms. The highest BCUT2D eigenvalue weighted by Gasteiger charge is 2.32.